The SMILES string of the molecule is COC(=O)c1c(OCc2c(F)cc(Br)cc2F)nsc1S(C)(=O)=O. The molecular weight excluding hydrogens is 432 g/mol. The van der Waals surface area contributed by atoms with E-state index in [4.69, 9.17) is 4.74 Å². The topological polar surface area (TPSA) is 82.6 Å². The van der Waals surface area contributed by atoms with Gasteiger partial charge in [-0.25, -0.2) is 22.0 Å². The first-order valence-electron chi connectivity index (χ1n) is 6.19. The van der Waals surface area contributed by atoms with Gasteiger partial charge in [0.1, 0.15) is 18.2 Å². The molecule has 24 heavy (non-hydrogen) atoms. The van der Waals surface area contributed by atoms with Crippen LogP contribution in [0, 0.1) is 11.6 Å². The second-order valence-electron chi connectivity index (χ2n) is 4.55. The highest BCUT2D eigenvalue weighted by molar-refractivity contribution is 9.10. The maximum Gasteiger partial charge on any atom is 0.345 e. The van der Waals surface area contributed by atoms with Crippen molar-refractivity contribution in [1.29, 1.82) is 0 Å². The molecule has 0 atom stereocenters. The average Bonchev–Trinajstić information content (AvgIpc) is 2.89. The van der Waals surface area contributed by atoms with Crippen LogP contribution in [-0.4, -0.2) is 32.1 Å². The third-order valence-corrected chi connectivity index (χ3v) is 5.91. The summed E-state index contributed by atoms with van der Waals surface area (Å²) in [6.45, 7) is -0.581. The smallest absolute Gasteiger partial charge is 0.345 e. The Kier molecular flexibility index (Phi) is 5.56. The Morgan fingerprint density at radius 2 is 1.92 bits per heavy atom. The van der Waals surface area contributed by atoms with Gasteiger partial charge in [0, 0.05) is 10.7 Å². The summed E-state index contributed by atoms with van der Waals surface area (Å²) in [4.78, 5) is 11.8. The van der Waals surface area contributed by atoms with Gasteiger partial charge in [-0.1, -0.05) is 15.9 Å². The number of halogens is 3. The first-order chi connectivity index (χ1) is 11.1. The van der Waals surface area contributed by atoms with E-state index in [2.05, 4.69) is 25.0 Å². The molecule has 0 unspecified atom stereocenters. The number of carbonyl (C=O) groups excluding carboxylic acids is 1. The Balaban J connectivity index is 2.38. The number of esters is 1. The maximum atomic E-state index is 13.8. The molecule has 11 heteroatoms. The van der Waals surface area contributed by atoms with Gasteiger partial charge >= 0.3 is 5.97 Å². The number of hydrogen-bond acceptors (Lipinski definition) is 7. The largest absolute Gasteiger partial charge is 0.471 e. The van der Waals surface area contributed by atoms with E-state index in [-0.39, 0.29) is 20.1 Å². The Labute approximate surface area is 148 Å². The van der Waals surface area contributed by atoms with Crippen molar-refractivity contribution < 1.29 is 31.5 Å². The predicted molar refractivity (Wildman–Crippen MR) is 85.0 cm³/mol. The Hall–Kier alpha value is -1.59. The number of ether oxygens (including phenoxy) is 2. The van der Waals surface area contributed by atoms with Crippen LogP contribution in [0.2, 0.25) is 0 Å². The van der Waals surface area contributed by atoms with Crippen molar-refractivity contribution in [3.8, 4) is 5.88 Å². The van der Waals surface area contributed by atoms with Crippen molar-refractivity contribution in [3.63, 3.8) is 0 Å². The molecule has 0 radical (unpaired) electrons. The molecule has 0 fully saturated rings. The molecule has 0 bridgehead atoms. The van der Waals surface area contributed by atoms with E-state index in [0.29, 0.717) is 11.5 Å². The third kappa shape index (κ3) is 3.90. The van der Waals surface area contributed by atoms with Crippen LogP contribution < -0.4 is 4.74 Å². The van der Waals surface area contributed by atoms with Crippen LogP contribution >= 0.6 is 27.5 Å². The van der Waals surface area contributed by atoms with Crippen LogP contribution in [0.1, 0.15) is 15.9 Å². The molecule has 0 saturated carbocycles. The van der Waals surface area contributed by atoms with E-state index in [1.807, 2.05) is 0 Å². The van der Waals surface area contributed by atoms with Crippen LogP contribution in [0.15, 0.2) is 20.8 Å². The van der Waals surface area contributed by atoms with Crippen molar-refractivity contribution in [3.05, 3.63) is 39.4 Å². The molecule has 2 rings (SSSR count). The highest BCUT2D eigenvalue weighted by atomic mass is 79.9. The number of carbonyl (C=O) groups is 1. The van der Waals surface area contributed by atoms with Crippen molar-refractivity contribution in [2.24, 2.45) is 0 Å². The number of benzene rings is 1. The van der Waals surface area contributed by atoms with Gasteiger partial charge in [0.2, 0.25) is 5.88 Å². The molecular formula is C13H10BrF2NO5S2. The average molecular weight is 442 g/mol. The van der Waals surface area contributed by atoms with E-state index in [1.165, 1.54) is 0 Å². The third-order valence-electron chi connectivity index (χ3n) is 2.81. The number of rotatable bonds is 5. The standard InChI is InChI=1S/C13H10BrF2NO5S2/c1-21-12(18)10-11(17-23-13(10)24(2,19)20)22-5-7-8(15)3-6(14)4-9(7)16/h3-4H,5H2,1-2H3. The lowest BCUT2D eigenvalue weighted by molar-refractivity contribution is 0.0591. The minimum Gasteiger partial charge on any atom is -0.471 e. The molecule has 0 aliphatic rings. The van der Waals surface area contributed by atoms with Crippen LogP contribution in [0.4, 0.5) is 8.78 Å². The molecule has 1 aromatic carbocycles. The van der Waals surface area contributed by atoms with Gasteiger partial charge in [-0.2, -0.15) is 4.37 Å². The summed E-state index contributed by atoms with van der Waals surface area (Å²) in [5.74, 6) is -3.06. The monoisotopic (exact) mass is 441 g/mol. The summed E-state index contributed by atoms with van der Waals surface area (Å²) in [7, 11) is -2.69. The molecule has 6 nitrogen and oxygen atoms in total. The number of sulfone groups is 1. The van der Waals surface area contributed by atoms with Gasteiger partial charge in [-0.05, 0) is 23.7 Å². The van der Waals surface area contributed by atoms with E-state index >= 15 is 0 Å². The highest BCUT2D eigenvalue weighted by Gasteiger charge is 2.29. The number of aromatic nitrogens is 1. The summed E-state index contributed by atoms with van der Waals surface area (Å²) < 4.78 is 64.2. The predicted octanol–water partition coefficient (Wildman–Crippen LogP) is 2.95. The molecule has 1 heterocycles. The molecule has 0 N–H and O–H groups in total. The van der Waals surface area contributed by atoms with Crippen LogP contribution in [0.5, 0.6) is 5.88 Å². The first-order valence-corrected chi connectivity index (χ1v) is 9.65. The van der Waals surface area contributed by atoms with Gasteiger partial charge in [-0.3, -0.25) is 0 Å². The van der Waals surface area contributed by atoms with Crippen LogP contribution in [-0.2, 0) is 21.2 Å². The lowest BCUT2D eigenvalue weighted by atomic mass is 10.2. The molecule has 2 aromatic rings. The lowest BCUT2D eigenvalue weighted by Crippen LogP contribution is -2.10. The Morgan fingerprint density at radius 1 is 1.33 bits per heavy atom. The zero-order valence-electron chi connectivity index (χ0n) is 12.3. The molecule has 0 aliphatic carbocycles. The zero-order valence-corrected chi connectivity index (χ0v) is 15.5. The second-order valence-corrected chi connectivity index (χ2v) is 8.45. The molecule has 0 aliphatic heterocycles. The maximum absolute atomic E-state index is 13.8. The van der Waals surface area contributed by atoms with Crippen molar-refractivity contribution in [2.45, 2.75) is 10.8 Å². The van der Waals surface area contributed by atoms with E-state index in [1.54, 1.807) is 0 Å². The second kappa shape index (κ2) is 7.11. The Morgan fingerprint density at radius 3 is 2.42 bits per heavy atom. The molecule has 1 aromatic heterocycles. The normalized spacial score (nSPS) is 11.4. The van der Waals surface area contributed by atoms with Crippen molar-refractivity contribution >= 4 is 43.3 Å². The molecule has 0 spiro atoms. The molecule has 130 valence electrons. The zero-order chi connectivity index (χ0) is 18.1. The number of hydrogen-bond donors (Lipinski definition) is 0. The van der Waals surface area contributed by atoms with Crippen molar-refractivity contribution in [1.82, 2.24) is 4.37 Å². The fraction of sp³-hybridized carbons (Fsp3) is 0.231. The van der Waals surface area contributed by atoms with E-state index < -0.39 is 39.6 Å². The van der Waals surface area contributed by atoms with Gasteiger partial charge in [0.25, 0.3) is 0 Å². The summed E-state index contributed by atoms with van der Waals surface area (Å²) in [5.41, 5.74) is -0.786. The highest BCUT2D eigenvalue weighted by Crippen LogP contribution is 2.31. The molecule has 0 saturated heterocycles. The van der Waals surface area contributed by atoms with Crippen LogP contribution in [0.25, 0.3) is 0 Å². The molecule has 0 amide bonds. The summed E-state index contributed by atoms with van der Waals surface area (Å²) >= 11 is 3.46. The number of nitrogens with zero attached hydrogens (tertiary/aromatic N) is 1. The summed E-state index contributed by atoms with van der Waals surface area (Å²) in [6.07, 6.45) is 0.894. The van der Waals surface area contributed by atoms with Gasteiger partial charge < -0.3 is 9.47 Å². The van der Waals surface area contributed by atoms with E-state index in [9.17, 15) is 22.0 Å². The summed E-state index contributed by atoms with van der Waals surface area (Å²) in [6, 6.07) is 2.10. The summed E-state index contributed by atoms with van der Waals surface area (Å²) in [5, 5.41) is 0. The minimum atomic E-state index is -3.75. The lowest BCUT2D eigenvalue weighted by Gasteiger charge is -2.08. The van der Waals surface area contributed by atoms with Gasteiger partial charge in [0.05, 0.1) is 12.7 Å². The van der Waals surface area contributed by atoms with E-state index in [0.717, 1.165) is 25.5 Å². The van der Waals surface area contributed by atoms with Crippen LogP contribution in [0.3, 0.4) is 0 Å². The number of methoxy groups -OCH3 is 1. The fourth-order valence-electron chi connectivity index (χ4n) is 1.74. The Bertz CT molecular complexity index is 875. The quantitative estimate of drug-likeness (QED) is 0.663. The minimum absolute atomic E-state index is 0.213. The first kappa shape index (κ1) is 18.7. The van der Waals surface area contributed by atoms with Gasteiger partial charge in [0.15, 0.2) is 19.6 Å². The van der Waals surface area contributed by atoms with Gasteiger partial charge in [-0.15, -0.1) is 0 Å². The van der Waals surface area contributed by atoms with Crippen molar-refractivity contribution in [2.75, 3.05) is 13.4 Å². The fourth-order valence-corrected chi connectivity index (χ4v) is 3.90.